The highest BCUT2D eigenvalue weighted by atomic mass is 35.5. The lowest BCUT2D eigenvalue weighted by Crippen LogP contribution is -2.34. The van der Waals surface area contributed by atoms with E-state index in [0.717, 1.165) is 5.56 Å². The first-order valence-electron chi connectivity index (χ1n) is 7.86. The summed E-state index contributed by atoms with van der Waals surface area (Å²) in [5.74, 6) is -0.253. The van der Waals surface area contributed by atoms with Gasteiger partial charge in [0.25, 0.3) is 0 Å². The second-order valence-electron chi connectivity index (χ2n) is 5.57. The molecule has 0 aliphatic heterocycles. The zero-order valence-corrected chi connectivity index (χ0v) is 14.6. The van der Waals surface area contributed by atoms with Crippen LogP contribution in [0.3, 0.4) is 0 Å². The van der Waals surface area contributed by atoms with Crippen molar-refractivity contribution in [2.45, 2.75) is 26.3 Å². The molecule has 1 atom stereocenters. The Bertz CT molecular complexity index is 704. The van der Waals surface area contributed by atoms with Crippen molar-refractivity contribution in [3.05, 3.63) is 65.2 Å². The standard InChI is InChI=1S/C19H21ClN2O2/c1-14(16-8-4-3-5-9-16)21-19(24)12-13-22(15(2)23)18-11-7-6-10-17(18)20/h3-11,14H,12-13H2,1-2H3,(H,21,24). The van der Waals surface area contributed by atoms with E-state index in [0.29, 0.717) is 10.7 Å². The predicted octanol–water partition coefficient (Wildman–Crippen LogP) is 3.96. The SMILES string of the molecule is CC(=O)N(CCC(=O)NC(C)c1ccccc1)c1ccccc1Cl. The number of hydrogen-bond donors (Lipinski definition) is 1. The van der Waals surface area contributed by atoms with Gasteiger partial charge < -0.3 is 10.2 Å². The summed E-state index contributed by atoms with van der Waals surface area (Å²) in [7, 11) is 0. The van der Waals surface area contributed by atoms with Crippen LogP contribution in [0.5, 0.6) is 0 Å². The van der Waals surface area contributed by atoms with Crippen molar-refractivity contribution in [3.8, 4) is 0 Å². The summed E-state index contributed by atoms with van der Waals surface area (Å²) >= 11 is 6.15. The number of halogens is 1. The molecule has 2 aromatic rings. The molecule has 4 nitrogen and oxygen atoms in total. The lowest BCUT2D eigenvalue weighted by atomic mass is 10.1. The molecular formula is C19H21ClN2O2. The molecule has 2 aromatic carbocycles. The van der Waals surface area contributed by atoms with Crippen molar-refractivity contribution < 1.29 is 9.59 Å². The second kappa shape index (κ2) is 8.50. The normalized spacial score (nSPS) is 11.6. The summed E-state index contributed by atoms with van der Waals surface area (Å²) in [6.07, 6.45) is 0.210. The fraction of sp³-hybridized carbons (Fsp3) is 0.263. The maximum atomic E-state index is 12.2. The van der Waals surface area contributed by atoms with Gasteiger partial charge in [0.2, 0.25) is 11.8 Å². The minimum atomic E-state index is -0.146. The second-order valence-corrected chi connectivity index (χ2v) is 5.98. The van der Waals surface area contributed by atoms with Crippen LogP contribution in [0.4, 0.5) is 5.69 Å². The Labute approximate surface area is 147 Å². The zero-order chi connectivity index (χ0) is 17.5. The summed E-state index contributed by atoms with van der Waals surface area (Å²) in [6.45, 7) is 3.68. The van der Waals surface area contributed by atoms with E-state index in [-0.39, 0.29) is 30.8 Å². The number of rotatable bonds is 6. The number of amides is 2. The lowest BCUT2D eigenvalue weighted by molar-refractivity contribution is -0.121. The third-order valence-corrected chi connectivity index (χ3v) is 4.08. The zero-order valence-electron chi connectivity index (χ0n) is 13.8. The van der Waals surface area contributed by atoms with Crippen LogP contribution >= 0.6 is 11.6 Å². The van der Waals surface area contributed by atoms with Gasteiger partial charge in [0, 0.05) is 19.9 Å². The van der Waals surface area contributed by atoms with Crippen molar-refractivity contribution in [2.75, 3.05) is 11.4 Å². The van der Waals surface area contributed by atoms with Crippen molar-refractivity contribution >= 4 is 29.1 Å². The first-order valence-corrected chi connectivity index (χ1v) is 8.23. The van der Waals surface area contributed by atoms with Gasteiger partial charge in [0.05, 0.1) is 16.8 Å². The molecule has 0 aliphatic rings. The molecular weight excluding hydrogens is 324 g/mol. The molecule has 0 aromatic heterocycles. The molecule has 0 bridgehead atoms. The summed E-state index contributed by atoms with van der Waals surface area (Å²) < 4.78 is 0. The van der Waals surface area contributed by atoms with Gasteiger partial charge in [-0.15, -0.1) is 0 Å². The molecule has 0 spiro atoms. The van der Waals surface area contributed by atoms with Gasteiger partial charge in [0.1, 0.15) is 0 Å². The highest BCUT2D eigenvalue weighted by Gasteiger charge is 2.16. The van der Waals surface area contributed by atoms with E-state index in [4.69, 9.17) is 11.6 Å². The highest BCUT2D eigenvalue weighted by Crippen LogP contribution is 2.25. The van der Waals surface area contributed by atoms with Gasteiger partial charge >= 0.3 is 0 Å². The summed E-state index contributed by atoms with van der Waals surface area (Å²) in [5.41, 5.74) is 1.66. The molecule has 0 saturated heterocycles. The van der Waals surface area contributed by atoms with E-state index < -0.39 is 0 Å². The molecule has 1 unspecified atom stereocenters. The third kappa shape index (κ3) is 4.83. The average Bonchev–Trinajstić information content (AvgIpc) is 2.57. The van der Waals surface area contributed by atoms with Crippen LogP contribution in [-0.2, 0) is 9.59 Å². The van der Waals surface area contributed by atoms with Gasteiger partial charge in [-0.1, -0.05) is 54.1 Å². The minimum Gasteiger partial charge on any atom is -0.350 e. The van der Waals surface area contributed by atoms with Crippen LogP contribution in [0.25, 0.3) is 0 Å². The van der Waals surface area contributed by atoms with Crippen LogP contribution in [0.1, 0.15) is 31.9 Å². The maximum Gasteiger partial charge on any atom is 0.223 e. The van der Waals surface area contributed by atoms with E-state index in [1.165, 1.54) is 11.8 Å². The van der Waals surface area contributed by atoms with Crippen LogP contribution in [0, 0.1) is 0 Å². The lowest BCUT2D eigenvalue weighted by Gasteiger charge is -2.22. The number of nitrogens with zero attached hydrogens (tertiary/aromatic N) is 1. The minimum absolute atomic E-state index is 0.0789. The van der Waals surface area contributed by atoms with Crippen molar-refractivity contribution in [1.29, 1.82) is 0 Å². The van der Waals surface area contributed by atoms with Crippen LogP contribution in [0.15, 0.2) is 54.6 Å². The van der Waals surface area contributed by atoms with E-state index in [1.807, 2.05) is 43.3 Å². The molecule has 126 valence electrons. The molecule has 1 N–H and O–H groups in total. The number of hydrogen-bond acceptors (Lipinski definition) is 2. The summed E-state index contributed by atoms with van der Waals surface area (Å²) in [4.78, 5) is 25.6. The Morgan fingerprint density at radius 1 is 1.08 bits per heavy atom. The van der Waals surface area contributed by atoms with Crippen molar-refractivity contribution in [2.24, 2.45) is 0 Å². The predicted molar refractivity (Wildman–Crippen MR) is 97.1 cm³/mol. The fourth-order valence-electron chi connectivity index (χ4n) is 2.47. The smallest absolute Gasteiger partial charge is 0.223 e. The Kier molecular flexibility index (Phi) is 6.38. The topological polar surface area (TPSA) is 49.4 Å². The average molecular weight is 345 g/mol. The molecule has 2 amide bonds. The number of benzene rings is 2. The number of carbonyl (C=O) groups is 2. The molecule has 5 heteroatoms. The van der Waals surface area contributed by atoms with Crippen molar-refractivity contribution in [3.63, 3.8) is 0 Å². The summed E-state index contributed by atoms with van der Waals surface area (Å²) in [5, 5.41) is 3.44. The molecule has 0 saturated carbocycles. The first kappa shape index (κ1) is 18.0. The van der Waals surface area contributed by atoms with Crippen molar-refractivity contribution in [1.82, 2.24) is 5.32 Å². The number of carbonyl (C=O) groups excluding carboxylic acids is 2. The number of nitrogens with one attached hydrogen (secondary N) is 1. The van der Waals surface area contributed by atoms with Gasteiger partial charge in [0.15, 0.2) is 0 Å². The Hall–Kier alpha value is -2.33. The van der Waals surface area contributed by atoms with E-state index >= 15 is 0 Å². The molecule has 2 rings (SSSR count). The van der Waals surface area contributed by atoms with E-state index in [9.17, 15) is 9.59 Å². The van der Waals surface area contributed by atoms with Crippen LogP contribution in [0.2, 0.25) is 5.02 Å². The quantitative estimate of drug-likeness (QED) is 0.862. The monoisotopic (exact) mass is 344 g/mol. The van der Waals surface area contributed by atoms with Gasteiger partial charge in [-0.05, 0) is 24.6 Å². The van der Waals surface area contributed by atoms with Crippen LogP contribution < -0.4 is 10.2 Å². The molecule has 0 aliphatic carbocycles. The molecule has 0 radical (unpaired) electrons. The number of anilines is 1. The molecule has 0 fully saturated rings. The van der Waals surface area contributed by atoms with Crippen LogP contribution in [-0.4, -0.2) is 18.4 Å². The maximum absolute atomic E-state index is 12.2. The summed E-state index contributed by atoms with van der Waals surface area (Å²) in [6, 6.07) is 16.8. The van der Waals surface area contributed by atoms with Gasteiger partial charge in [-0.2, -0.15) is 0 Å². The first-order chi connectivity index (χ1) is 11.5. The Morgan fingerprint density at radius 2 is 1.71 bits per heavy atom. The van der Waals surface area contributed by atoms with Gasteiger partial charge in [-0.3, -0.25) is 9.59 Å². The van der Waals surface area contributed by atoms with E-state index in [2.05, 4.69) is 5.32 Å². The highest BCUT2D eigenvalue weighted by molar-refractivity contribution is 6.33. The Balaban J connectivity index is 1.96. The fourth-order valence-corrected chi connectivity index (χ4v) is 2.71. The van der Waals surface area contributed by atoms with E-state index in [1.54, 1.807) is 18.2 Å². The largest absolute Gasteiger partial charge is 0.350 e. The third-order valence-electron chi connectivity index (χ3n) is 3.76. The number of para-hydroxylation sites is 1. The molecule has 0 heterocycles. The van der Waals surface area contributed by atoms with Gasteiger partial charge in [-0.25, -0.2) is 0 Å². The Morgan fingerprint density at radius 3 is 2.33 bits per heavy atom. The molecule has 24 heavy (non-hydrogen) atoms.